The standard InChI is InChI=1S/C15H20F2.C13H15ClF2.C13H16ClF.C13H17Cl.C13H15F3.C13H16F2.C13H11F/c1-11-2-4-12(5-3-11)6-7-13-8-9-14(16)15(17)10-13;1-8-2-4-9(5-3-8)10-6-11(15)13(14)12(16)7-10;1-9-2-4-10(5-3-9)11-6-7-12(14)13(15)8-11;1-10-2-4-11(5-3-10)12-6-8-13(14)9-7-12;1-8-2-4-9(5-3-8)10-6-11(14)13(16)12(15)7-10;1-9-2-4-10(5-3-9)11-6-7-12(14)13(15)8-11;1-10-2-4-11(5-3-10)12-6-8-13(14)9-7-12/h8-12H,2-7H2,1H3;6-9H,2-5H2,1H3;6-10H,2-5H2,1H3;6-11H,2-5H2,1H3;6-9H,2-5H2,1H3;6-10H,2-5H2,1H3;2-9H,1H3. The lowest BCUT2D eigenvalue weighted by molar-refractivity contribution is 0.277. The van der Waals surface area contributed by atoms with Crippen molar-refractivity contribution in [3.8, 4) is 11.1 Å². The van der Waals surface area contributed by atoms with Crippen LogP contribution >= 0.6 is 34.8 Å². The quantitative estimate of drug-likeness (QED) is 0.0998. The monoisotopic (exact) mass is 1540 g/mol. The van der Waals surface area contributed by atoms with E-state index < -0.39 is 57.4 Å². The fraction of sp³-hybridized carbons (Fsp3) is 0.484. The minimum Gasteiger partial charge on any atom is -0.207 e. The summed E-state index contributed by atoms with van der Waals surface area (Å²) in [7, 11) is 0. The molecule has 0 aliphatic heterocycles. The lowest BCUT2D eigenvalue weighted by atomic mass is 9.79. The van der Waals surface area contributed by atoms with Gasteiger partial charge in [0, 0.05) is 5.02 Å². The van der Waals surface area contributed by atoms with Crippen LogP contribution in [0.4, 0.5) is 48.3 Å². The lowest BCUT2D eigenvalue weighted by Gasteiger charge is -2.26. The molecule has 6 aliphatic rings. The van der Waals surface area contributed by atoms with Gasteiger partial charge in [0.2, 0.25) is 0 Å². The van der Waals surface area contributed by atoms with Gasteiger partial charge in [-0.25, -0.2) is 48.3 Å². The van der Waals surface area contributed by atoms with Gasteiger partial charge in [0.15, 0.2) is 40.7 Å². The Balaban J connectivity index is 0.000000158. The van der Waals surface area contributed by atoms with Crippen LogP contribution in [0.3, 0.4) is 0 Å². The van der Waals surface area contributed by atoms with Crippen LogP contribution in [0.1, 0.15) is 271 Å². The number of hydrogen-bond acceptors (Lipinski definition) is 0. The number of aryl methyl sites for hydroxylation is 2. The van der Waals surface area contributed by atoms with E-state index in [-0.39, 0.29) is 28.5 Å². The molecule has 0 atom stereocenters. The Morgan fingerprint density at radius 3 is 0.991 bits per heavy atom. The molecule has 8 aromatic carbocycles. The molecule has 0 aromatic heterocycles. The molecular formula is C93H110Cl3F11. The van der Waals surface area contributed by atoms with Crippen LogP contribution < -0.4 is 0 Å². The zero-order valence-electron chi connectivity index (χ0n) is 63.5. The Morgan fingerprint density at radius 1 is 0.280 bits per heavy atom. The van der Waals surface area contributed by atoms with Gasteiger partial charge < -0.3 is 0 Å². The maximum absolute atomic E-state index is 13.3. The first-order valence-corrected chi connectivity index (χ1v) is 40.5. The fourth-order valence-electron chi connectivity index (χ4n) is 15.9. The van der Waals surface area contributed by atoms with Crippen molar-refractivity contribution in [2.75, 3.05) is 0 Å². The molecule has 14 heteroatoms. The summed E-state index contributed by atoms with van der Waals surface area (Å²) in [6, 6.07) is 42.0. The summed E-state index contributed by atoms with van der Waals surface area (Å²) in [6.45, 7) is 15.7. The van der Waals surface area contributed by atoms with E-state index in [1.165, 1.54) is 150 Å². The Bertz CT molecular complexity index is 3710. The van der Waals surface area contributed by atoms with Crippen LogP contribution in [0, 0.1) is 112 Å². The van der Waals surface area contributed by atoms with Crippen LogP contribution in [0.15, 0.2) is 152 Å². The van der Waals surface area contributed by atoms with E-state index in [1.54, 1.807) is 36.4 Å². The van der Waals surface area contributed by atoms with Crippen molar-refractivity contribution < 1.29 is 48.3 Å². The molecule has 0 nitrogen and oxygen atoms in total. The molecule has 580 valence electrons. The van der Waals surface area contributed by atoms with E-state index in [0.29, 0.717) is 23.3 Å². The number of hydrogen-bond donors (Lipinski definition) is 0. The first-order chi connectivity index (χ1) is 51.1. The summed E-state index contributed by atoms with van der Waals surface area (Å²) in [6.07, 6.45) is 30.5. The van der Waals surface area contributed by atoms with E-state index in [4.69, 9.17) is 34.8 Å². The second-order valence-corrected chi connectivity index (χ2v) is 33.3. The van der Waals surface area contributed by atoms with Crippen molar-refractivity contribution in [1.82, 2.24) is 0 Å². The van der Waals surface area contributed by atoms with Gasteiger partial charge in [-0.3, -0.25) is 0 Å². The second kappa shape index (κ2) is 43.5. The van der Waals surface area contributed by atoms with Crippen LogP contribution in [0.2, 0.25) is 15.1 Å². The second-order valence-electron chi connectivity index (χ2n) is 32.1. The molecule has 8 aromatic rings. The smallest absolute Gasteiger partial charge is 0.194 e. The summed E-state index contributed by atoms with van der Waals surface area (Å²) < 4.78 is 143. The summed E-state index contributed by atoms with van der Waals surface area (Å²) in [5.41, 5.74) is 9.22. The van der Waals surface area contributed by atoms with Crippen molar-refractivity contribution in [3.63, 3.8) is 0 Å². The van der Waals surface area contributed by atoms with E-state index in [0.717, 1.165) is 169 Å². The highest BCUT2D eigenvalue weighted by Crippen LogP contribution is 2.42. The lowest BCUT2D eigenvalue weighted by Crippen LogP contribution is -2.12. The average molecular weight is 1540 g/mol. The maximum Gasteiger partial charge on any atom is 0.194 e. The van der Waals surface area contributed by atoms with Gasteiger partial charge in [-0.2, -0.15) is 0 Å². The highest BCUT2D eigenvalue weighted by atomic mass is 35.5. The summed E-state index contributed by atoms with van der Waals surface area (Å²) in [5.74, 6) is -0.392. The predicted molar refractivity (Wildman–Crippen MR) is 421 cm³/mol. The van der Waals surface area contributed by atoms with Crippen LogP contribution in [-0.2, 0) is 6.42 Å². The minimum absolute atomic E-state index is 0.181. The molecule has 0 spiro atoms. The number of benzene rings is 8. The average Bonchev–Trinajstić information content (AvgIpc) is 0.829. The van der Waals surface area contributed by atoms with Crippen molar-refractivity contribution in [3.05, 3.63) is 270 Å². The zero-order chi connectivity index (χ0) is 77.3. The zero-order valence-corrected chi connectivity index (χ0v) is 65.8. The molecule has 0 amide bonds. The minimum atomic E-state index is -1.37. The van der Waals surface area contributed by atoms with Gasteiger partial charge in [-0.1, -0.05) is 239 Å². The molecular weight excluding hydrogens is 1430 g/mol. The highest BCUT2D eigenvalue weighted by Gasteiger charge is 2.27. The molecule has 0 bridgehead atoms. The van der Waals surface area contributed by atoms with Gasteiger partial charge in [-0.05, 0) is 284 Å². The van der Waals surface area contributed by atoms with Gasteiger partial charge in [0.1, 0.15) is 28.3 Å². The SMILES string of the molecule is CC1CCC(CCc2ccc(F)c(F)c2)CC1.CC1CCC(c2cc(F)c(Cl)c(F)c2)CC1.CC1CCC(c2cc(F)c(F)c(F)c2)CC1.CC1CCC(c2ccc(Cl)c(F)c2)CC1.CC1CCC(c2ccc(Cl)cc2)CC1.CC1CCC(c2ccc(F)c(F)c2)CC1.Cc1ccc(-c2ccc(F)cc2)cc1. The molecule has 0 radical (unpaired) electrons. The van der Waals surface area contributed by atoms with E-state index >= 15 is 0 Å². The molecule has 6 saturated carbocycles. The van der Waals surface area contributed by atoms with E-state index in [2.05, 4.69) is 72.7 Å². The van der Waals surface area contributed by atoms with Crippen LogP contribution in [0.25, 0.3) is 11.1 Å². The normalized spacial score (nSPS) is 24.0. The Hall–Kier alpha value is -6.14. The summed E-state index contributed by atoms with van der Waals surface area (Å²) in [4.78, 5) is 0. The molecule has 0 saturated heterocycles. The van der Waals surface area contributed by atoms with E-state index in [9.17, 15) is 48.3 Å². The van der Waals surface area contributed by atoms with Crippen LogP contribution in [0.5, 0.6) is 0 Å². The topological polar surface area (TPSA) is 0 Å². The molecule has 0 heterocycles. The third-order valence-electron chi connectivity index (χ3n) is 23.4. The third-order valence-corrected chi connectivity index (χ3v) is 24.3. The summed E-state index contributed by atoms with van der Waals surface area (Å²) in [5, 5.41) is 0.675. The molecule has 107 heavy (non-hydrogen) atoms. The van der Waals surface area contributed by atoms with Gasteiger partial charge in [0.05, 0.1) is 5.02 Å². The maximum atomic E-state index is 13.3. The Labute approximate surface area is 646 Å². The van der Waals surface area contributed by atoms with Gasteiger partial charge >= 0.3 is 0 Å². The van der Waals surface area contributed by atoms with Crippen molar-refractivity contribution in [2.24, 2.45) is 41.4 Å². The van der Waals surface area contributed by atoms with Crippen molar-refractivity contribution in [1.29, 1.82) is 0 Å². The number of halogens is 14. The molecule has 0 N–H and O–H groups in total. The molecule has 14 rings (SSSR count). The molecule has 0 unspecified atom stereocenters. The van der Waals surface area contributed by atoms with Gasteiger partial charge in [-0.15, -0.1) is 0 Å². The fourth-order valence-corrected chi connectivity index (χ4v) is 16.3. The predicted octanol–water partition coefficient (Wildman–Crippen LogP) is 31.5. The highest BCUT2D eigenvalue weighted by molar-refractivity contribution is 6.31. The van der Waals surface area contributed by atoms with E-state index in [1.807, 2.05) is 30.3 Å². The van der Waals surface area contributed by atoms with Crippen molar-refractivity contribution in [2.45, 2.75) is 245 Å². The third kappa shape index (κ3) is 28.3. The summed E-state index contributed by atoms with van der Waals surface area (Å²) >= 11 is 17.0. The largest absolute Gasteiger partial charge is 0.207 e. The number of rotatable bonds is 9. The van der Waals surface area contributed by atoms with Gasteiger partial charge in [0.25, 0.3) is 0 Å². The molecule has 6 aliphatic carbocycles. The Kier molecular flexibility index (Phi) is 35.1. The molecule has 6 fully saturated rings. The van der Waals surface area contributed by atoms with Crippen LogP contribution in [-0.4, -0.2) is 0 Å². The first-order valence-electron chi connectivity index (χ1n) is 39.4. The Morgan fingerprint density at radius 2 is 0.598 bits per heavy atom. The van der Waals surface area contributed by atoms with Crippen molar-refractivity contribution >= 4 is 34.8 Å². The first kappa shape index (κ1) is 86.5.